The number of benzene rings is 2. The van der Waals surface area contributed by atoms with Gasteiger partial charge in [-0.3, -0.25) is 0 Å². The molecule has 106 valence electrons. The number of phenols is 2. The van der Waals surface area contributed by atoms with Gasteiger partial charge in [0.05, 0.1) is 16.1 Å². The highest BCUT2D eigenvalue weighted by Crippen LogP contribution is 2.32. The van der Waals surface area contributed by atoms with E-state index in [1.165, 1.54) is 24.3 Å². The normalized spacial score (nSPS) is 12.2. The monoisotopic (exact) mass is 315 g/mol. The fourth-order valence-corrected chi connectivity index (χ4v) is 2.35. The van der Waals surface area contributed by atoms with Crippen molar-refractivity contribution in [2.75, 3.05) is 5.32 Å². The van der Waals surface area contributed by atoms with Gasteiger partial charge in [-0.25, -0.2) is 4.39 Å². The third-order valence-electron chi connectivity index (χ3n) is 2.85. The van der Waals surface area contributed by atoms with Crippen molar-refractivity contribution in [1.82, 2.24) is 0 Å². The van der Waals surface area contributed by atoms with Crippen molar-refractivity contribution in [3.8, 4) is 11.5 Å². The van der Waals surface area contributed by atoms with Gasteiger partial charge in [-0.05, 0) is 31.2 Å². The maximum Gasteiger partial charge on any atom is 0.160 e. The molecule has 0 bridgehead atoms. The quantitative estimate of drug-likeness (QED) is 0.718. The lowest BCUT2D eigenvalue weighted by Gasteiger charge is -2.17. The molecular formula is C14H12Cl2FNO2. The molecule has 0 saturated heterocycles. The minimum atomic E-state index is -0.668. The molecule has 3 N–H and O–H groups in total. The standard InChI is InChI=1S/C14H12Cl2FNO2/c1-7(10-3-2-9(19)6-13(10)20)18-8-4-11(15)14(17)12(16)5-8/h2-7,18-20H,1H3. The summed E-state index contributed by atoms with van der Waals surface area (Å²) in [6.45, 7) is 1.80. The summed E-state index contributed by atoms with van der Waals surface area (Å²) in [7, 11) is 0. The molecular weight excluding hydrogens is 304 g/mol. The second-order valence-electron chi connectivity index (χ2n) is 4.36. The molecule has 0 aliphatic heterocycles. The first-order chi connectivity index (χ1) is 9.38. The minimum absolute atomic E-state index is 0.0219. The Morgan fingerprint density at radius 3 is 2.25 bits per heavy atom. The Bertz CT molecular complexity index is 626. The van der Waals surface area contributed by atoms with Gasteiger partial charge in [-0.1, -0.05) is 23.2 Å². The fraction of sp³-hybridized carbons (Fsp3) is 0.143. The van der Waals surface area contributed by atoms with Crippen LogP contribution in [0.25, 0.3) is 0 Å². The number of anilines is 1. The van der Waals surface area contributed by atoms with Crippen LogP contribution in [0.4, 0.5) is 10.1 Å². The summed E-state index contributed by atoms with van der Waals surface area (Å²) in [6, 6.07) is 6.85. The number of nitrogens with one attached hydrogen (secondary N) is 1. The van der Waals surface area contributed by atoms with E-state index in [9.17, 15) is 14.6 Å². The van der Waals surface area contributed by atoms with Crippen LogP contribution in [0.1, 0.15) is 18.5 Å². The first kappa shape index (κ1) is 14.8. The van der Waals surface area contributed by atoms with Crippen molar-refractivity contribution < 1.29 is 14.6 Å². The van der Waals surface area contributed by atoms with E-state index >= 15 is 0 Å². The number of rotatable bonds is 3. The van der Waals surface area contributed by atoms with Crippen molar-refractivity contribution in [1.29, 1.82) is 0 Å². The van der Waals surface area contributed by atoms with Gasteiger partial charge in [0.1, 0.15) is 11.5 Å². The number of phenolic OH excluding ortho intramolecular Hbond substituents is 2. The van der Waals surface area contributed by atoms with Crippen LogP contribution in [0.3, 0.4) is 0 Å². The lowest BCUT2D eigenvalue weighted by Crippen LogP contribution is -2.07. The van der Waals surface area contributed by atoms with Gasteiger partial charge in [-0.2, -0.15) is 0 Å². The Hall–Kier alpha value is -1.65. The summed E-state index contributed by atoms with van der Waals surface area (Å²) in [5.41, 5.74) is 1.11. The van der Waals surface area contributed by atoms with Gasteiger partial charge in [-0.15, -0.1) is 0 Å². The van der Waals surface area contributed by atoms with Gasteiger partial charge in [0.2, 0.25) is 0 Å². The summed E-state index contributed by atoms with van der Waals surface area (Å²) in [6.07, 6.45) is 0. The summed E-state index contributed by atoms with van der Waals surface area (Å²) < 4.78 is 13.3. The first-order valence-corrected chi connectivity index (χ1v) is 6.57. The number of aromatic hydroxyl groups is 2. The van der Waals surface area contributed by atoms with E-state index in [-0.39, 0.29) is 27.6 Å². The van der Waals surface area contributed by atoms with Crippen LogP contribution in [0.5, 0.6) is 11.5 Å². The van der Waals surface area contributed by atoms with E-state index in [1.54, 1.807) is 13.0 Å². The Kier molecular flexibility index (Phi) is 4.26. The van der Waals surface area contributed by atoms with Crippen LogP contribution in [-0.4, -0.2) is 10.2 Å². The second-order valence-corrected chi connectivity index (χ2v) is 5.18. The highest BCUT2D eigenvalue weighted by atomic mass is 35.5. The zero-order valence-corrected chi connectivity index (χ0v) is 12.0. The molecule has 2 rings (SSSR count). The van der Waals surface area contributed by atoms with E-state index in [1.807, 2.05) is 0 Å². The molecule has 6 heteroatoms. The second kappa shape index (κ2) is 5.77. The maximum absolute atomic E-state index is 13.3. The van der Waals surface area contributed by atoms with Crippen molar-refractivity contribution in [3.05, 3.63) is 51.8 Å². The minimum Gasteiger partial charge on any atom is -0.508 e. The molecule has 0 aromatic heterocycles. The third-order valence-corrected chi connectivity index (χ3v) is 3.40. The van der Waals surface area contributed by atoms with Gasteiger partial charge >= 0.3 is 0 Å². The average Bonchev–Trinajstić information content (AvgIpc) is 2.35. The van der Waals surface area contributed by atoms with Crippen molar-refractivity contribution in [2.24, 2.45) is 0 Å². The van der Waals surface area contributed by atoms with Crippen molar-refractivity contribution >= 4 is 28.9 Å². The number of hydrogen-bond acceptors (Lipinski definition) is 3. The molecule has 1 unspecified atom stereocenters. The van der Waals surface area contributed by atoms with Crippen LogP contribution in [0, 0.1) is 5.82 Å². The van der Waals surface area contributed by atoms with Crippen molar-refractivity contribution in [2.45, 2.75) is 13.0 Å². The van der Waals surface area contributed by atoms with Crippen LogP contribution in [0.2, 0.25) is 10.0 Å². The summed E-state index contributed by atoms with van der Waals surface area (Å²) >= 11 is 11.4. The van der Waals surface area contributed by atoms with Gasteiger partial charge in [0.25, 0.3) is 0 Å². The molecule has 0 aliphatic carbocycles. The van der Waals surface area contributed by atoms with Gasteiger partial charge < -0.3 is 15.5 Å². The largest absolute Gasteiger partial charge is 0.508 e. The average molecular weight is 316 g/mol. The molecule has 2 aromatic carbocycles. The Labute approximate surface area is 125 Å². The molecule has 0 spiro atoms. The van der Waals surface area contributed by atoms with Crippen LogP contribution in [-0.2, 0) is 0 Å². The molecule has 1 atom stereocenters. The lowest BCUT2D eigenvalue weighted by molar-refractivity contribution is 0.444. The molecule has 0 heterocycles. The highest BCUT2D eigenvalue weighted by Gasteiger charge is 2.13. The van der Waals surface area contributed by atoms with Crippen LogP contribution < -0.4 is 5.32 Å². The molecule has 0 fully saturated rings. The van der Waals surface area contributed by atoms with E-state index in [0.717, 1.165) is 0 Å². The molecule has 3 nitrogen and oxygen atoms in total. The Balaban J connectivity index is 2.25. The maximum atomic E-state index is 13.3. The summed E-state index contributed by atoms with van der Waals surface area (Å²) in [5, 5.41) is 21.9. The van der Waals surface area contributed by atoms with E-state index in [2.05, 4.69) is 5.32 Å². The highest BCUT2D eigenvalue weighted by molar-refractivity contribution is 6.35. The Morgan fingerprint density at radius 1 is 1.10 bits per heavy atom. The molecule has 20 heavy (non-hydrogen) atoms. The van der Waals surface area contributed by atoms with Gasteiger partial charge in [0, 0.05) is 17.3 Å². The molecule has 2 aromatic rings. The molecule has 0 radical (unpaired) electrons. The van der Waals surface area contributed by atoms with Crippen LogP contribution >= 0.6 is 23.2 Å². The zero-order chi connectivity index (χ0) is 14.9. The van der Waals surface area contributed by atoms with Gasteiger partial charge in [0.15, 0.2) is 5.82 Å². The van der Waals surface area contributed by atoms with E-state index in [4.69, 9.17) is 23.2 Å². The zero-order valence-electron chi connectivity index (χ0n) is 10.5. The smallest absolute Gasteiger partial charge is 0.160 e. The first-order valence-electron chi connectivity index (χ1n) is 5.81. The summed E-state index contributed by atoms with van der Waals surface area (Å²) in [5.74, 6) is -0.727. The number of halogens is 3. The Morgan fingerprint density at radius 2 is 1.70 bits per heavy atom. The van der Waals surface area contributed by atoms with Crippen molar-refractivity contribution in [3.63, 3.8) is 0 Å². The predicted molar refractivity (Wildman–Crippen MR) is 78.2 cm³/mol. The van der Waals surface area contributed by atoms with E-state index in [0.29, 0.717) is 11.3 Å². The third kappa shape index (κ3) is 3.08. The molecule has 0 amide bonds. The molecule has 0 saturated carbocycles. The summed E-state index contributed by atoms with van der Waals surface area (Å²) in [4.78, 5) is 0. The molecule has 0 aliphatic rings. The van der Waals surface area contributed by atoms with E-state index < -0.39 is 5.82 Å². The topological polar surface area (TPSA) is 52.5 Å². The van der Waals surface area contributed by atoms with Crippen LogP contribution in [0.15, 0.2) is 30.3 Å². The SMILES string of the molecule is CC(Nc1cc(Cl)c(F)c(Cl)c1)c1ccc(O)cc1O. The fourth-order valence-electron chi connectivity index (χ4n) is 1.86. The number of hydrogen-bond donors (Lipinski definition) is 3. The predicted octanol–water partition coefficient (Wildman–Crippen LogP) is 4.72. The lowest BCUT2D eigenvalue weighted by atomic mass is 10.1.